The van der Waals surface area contributed by atoms with Crippen LogP contribution in [-0.2, 0) is 10.8 Å². The highest BCUT2D eigenvalue weighted by molar-refractivity contribution is 7.84. The van der Waals surface area contributed by atoms with E-state index in [0.29, 0.717) is 12.3 Å². The van der Waals surface area contributed by atoms with E-state index < -0.39 is 16.8 Å². The lowest BCUT2D eigenvalue weighted by Gasteiger charge is -2.13. The van der Waals surface area contributed by atoms with Gasteiger partial charge >= 0.3 is 5.97 Å². The normalized spacial score (nSPS) is 16.2. The van der Waals surface area contributed by atoms with Crippen molar-refractivity contribution >= 4 is 16.8 Å². The van der Waals surface area contributed by atoms with Crippen molar-refractivity contribution in [1.82, 2.24) is 5.32 Å². The number of carbonyl (C=O) groups is 1. The maximum absolute atomic E-state index is 11.2. The summed E-state index contributed by atoms with van der Waals surface area (Å²) in [6, 6.07) is 3.04. The fourth-order valence-corrected chi connectivity index (χ4v) is 1.92. The molecule has 0 aliphatic heterocycles. The minimum Gasteiger partial charge on any atom is -0.475 e. The number of rotatable bonds is 7. The van der Waals surface area contributed by atoms with Crippen LogP contribution in [0.1, 0.15) is 42.6 Å². The standard InChI is InChI=1S/C12H19NO4S/c1-8(18(3)16)6-7-13-9(2)10-4-5-11(17-10)12(14)15/h4-5,8-9,13H,6-7H2,1-3H3,(H,14,15). The van der Waals surface area contributed by atoms with Crippen LogP contribution in [0, 0.1) is 0 Å². The number of furan rings is 1. The van der Waals surface area contributed by atoms with E-state index in [0.717, 1.165) is 6.42 Å². The summed E-state index contributed by atoms with van der Waals surface area (Å²) >= 11 is 0. The average Bonchev–Trinajstić information content (AvgIpc) is 2.77. The molecule has 1 heterocycles. The van der Waals surface area contributed by atoms with E-state index in [-0.39, 0.29) is 17.1 Å². The average molecular weight is 273 g/mol. The molecule has 1 aromatic heterocycles. The number of nitrogens with one attached hydrogen (secondary N) is 1. The Morgan fingerprint density at radius 1 is 1.50 bits per heavy atom. The molecule has 0 aliphatic rings. The fourth-order valence-electron chi connectivity index (χ4n) is 1.47. The molecule has 0 aliphatic carbocycles. The molecular formula is C12H19NO4S. The van der Waals surface area contributed by atoms with Gasteiger partial charge in [-0.05, 0) is 32.0 Å². The van der Waals surface area contributed by atoms with E-state index in [2.05, 4.69) is 5.32 Å². The van der Waals surface area contributed by atoms with Gasteiger partial charge in [0.1, 0.15) is 5.76 Å². The van der Waals surface area contributed by atoms with Crippen LogP contribution in [-0.4, -0.2) is 33.3 Å². The molecule has 1 aromatic rings. The van der Waals surface area contributed by atoms with Gasteiger partial charge in [0.15, 0.2) is 0 Å². The second-order valence-corrected chi connectivity index (χ2v) is 6.08. The highest BCUT2D eigenvalue weighted by Crippen LogP contribution is 2.16. The number of aromatic carboxylic acids is 1. The Bertz CT molecular complexity index is 429. The zero-order valence-corrected chi connectivity index (χ0v) is 11.6. The van der Waals surface area contributed by atoms with Gasteiger partial charge in [0.2, 0.25) is 5.76 Å². The minimum absolute atomic E-state index is 0.0540. The predicted octanol–water partition coefficient (Wildman–Crippen LogP) is 1.79. The Morgan fingerprint density at radius 3 is 2.67 bits per heavy atom. The van der Waals surface area contributed by atoms with Crippen molar-refractivity contribution < 1.29 is 18.5 Å². The fraction of sp³-hybridized carbons (Fsp3) is 0.583. The van der Waals surface area contributed by atoms with Crippen molar-refractivity contribution in [2.75, 3.05) is 12.8 Å². The summed E-state index contributed by atoms with van der Waals surface area (Å²) in [5, 5.41) is 12.1. The Hall–Kier alpha value is -1.14. The van der Waals surface area contributed by atoms with Gasteiger partial charge in [-0.3, -0.25) is 4.21 Å². The smallest absolute Gasteiger partial charge is 0.371 e. The molecule has 0 amide bonds. The van der Waals surface area contributed by atoms with Crippen molar-refractivity contribution in [3.05, 3.63) is 23.7 Å². The summed E-state index contributed by atoms with van der Waals surface area (Å²) in [4.78, 5) is 10.7. The third kappa shape index (κ3) is 4.27. The van der Waals surface area contributed by atoms with Gasteiger partial charge < -0.3 is 14.8 Å². The van der Waals surface area contributed by atoms with Crippen molar-refractivity contribution in [2.24, 2.45) is 0 Å². The molecule has 0 saturated carbocycles. The van der Waals surface area contributed by atoms with Crippen molar-refractivity contribution in [2.45, 2.75) is 31.6 Å². The number of hydrogen-bond acceptors (Lipinski definition) is 4. The van der Waals surface area contributed by atoms with Crippen LogP contribution >= 0.6 is 0 Å². The molecule has 0 radical (unpaired) electrons. The lowest BCUT2D eigenvalue weighted by molar-refractivity contribution is 0.0659. The van der Waals surface area contributed by atoms with Gasteiger partial charge in [0.05, 0.1) is 6.04 Å². The monoisotopic (exact) mass is 273 g/mol. The minimum atomic E-state index is -1.07. The van der Waals surface area contributed by atoms with E-state index in [1.807, 2.05) is 13.8 Å². The quantitative estimate of drug-likeness (QED) is 0.791. The third-order valence-corrected chi connectivity index (χ3v) is 4.20. The molecule has 5 nitrogen and oxygen atoms in total. The Morgan fingerprint density at radius 2 is 2.17 bits per heavy atom. The molecule has 0 aromatic carbocycles. The van der Waals surface area contributed by atoms with Crippen LogP contribution in [0.2, 0.25) is 0 Å². The van der Waals surface area contributed by atoms with Gasteiger partial charge in [-0.2, -0.15) is 0 Å². The van der Waals surface area contributed by atoms with Gasteiger partial charge in [-0.25, -0.2) is 4.79 Å². The first-order valence-corrected chi connectivity index (χ1v) is 7.42. The molecule has 0 saturated heterocycles. The molecule has 18 heavy (non-hydrogen) atoms. The summed E-state index contributed by atoms with van der Waals surface area (Å²) in [5.41, 5.74) is 0. The molecule has 0 bridgehead atoms. The molecule has 3 atom stereocenters. The van der Waals surface area contributed by atoms with E-state index in [9.17, 15) is 9.00 Å². The molecular weight excluding hydrogens is 254 g/mol. The molecule has 1 rings (SSSR count). The van der Waals surface area contributed by atoms with E-state index in [1.165, 1.54) is 6.07 Å². The Labute approximate surface area is 109 Å². The first-order chi connectivity index (χ1) is 8.41. The first-order valence-electron chi connectivity index (χ1n) is 5.80. The van der Waals surface area contributed by atoms with Crippen LogP contribution in [0.4, 0.5) is 0 Å². The van der Waals surface area contributed by atoms with Gasteiger partial charge in [0.25, 0.3) is 0 Å². The zero-order valence-electron chi connectivity index (χ0n) is 10.8. The molecule has 3 unspecified atom stereocenters. The highest BCUT2D eigenvalue weighted by Gasteiger charge is 2.14. The lowest BCUT2D eigenvalue weighted by Crippen LogP contribution is -2.23. The summed E-state index contributed by atoms with van der Waals surface area (Å²) in [6.07, 6.45) is 2.50. The van der Waals surface area contributed by atoms with Crippen LogP contribution < -0.4 is 5.32 Å². The van der Waals surface area contributed by atoms with E-state index in [1.54, 1.807) is 12.3 Å². The third-order valence-electron chi connectivity index (χ3n) is 2.83. The molecule has 0 spiro atoms. The molecule has 6 heteroatoms. The van der Waals surface area contributed by atoms with Crippen molar-refractivity contribution in [3.8, 4) is 0 Å². The summed E-state index contributed by atoms with van der Waals surface area (Å²) in [7, 11) is -0.813. The number of hydrogen-bond donors (Lipinski definition) is 2. The second kappa shape index (κ2) is 6.70. The van der Waals surface area contributed by atoms with E-state index >= 15 is 0 Å². The van der Waals surface area contributed by atoms with E-state index in [4.69, 9.17) is 9.52 Å². The molecule has 102 valence electrons. The highest BCUT2D eigenvalue weighted by atomic mass is 32.2. The predicted molar refractivity (Wildman–Crippen MR) is 70.2 cm³/mol. The molecule has 0 fully saturated rings. The number of carboxylic acid groups (broad SMARTS) is 1. The van der Waals surface area contributed by atoms with Gasteiger partial charge in [-0.1, -0.05) is 6.92 Å². The van der Waals surface area contributed by atoms with Crippen LogP contribution in [0.3, 0.4) is 0 Å². The van der Waals surface area contributed by atoms with Crippen molar-refractivity contribution in [3.63, 3.8) is 0 Å². The Balaban J connectivity index is 2.42. The Kier molecular flexibility index (Phi) is 5.55. The number of carboxylic acids is 1. The topological polar surface area (TPSA) is 79.5 Å². The summed E-state index contributed by atoms with van der Waals surface area (Å²) in [6.45, 7) is 4.56. The summed E-state index contributed by atoms with van der Waals surface area (Å²) < 4.78 is 16.4. The maximum Gasteiger partial charge on any atom is 0.371 e. The zero-order chi connectivity index (χ0) is 13.7. The SMILES string of the molecule is CC(NCCC(C)S(C)=O)c1ccc(C(=O)O)o1. The lowest BCUT2D eigenvalue weighted by atomic mass is 10.2. The van der Waals surface area contributed by atoms with Gasteiger partial charge in [0, 0.05) is 22.3 Å². The maximum atomic E-state index is 11.2. The van der Waals surface area contributed by atoms with Crippen LogP contribution in [0.5, 0.6) is 0 Å². The first kappa shape index (κ1) is 14.9. The summed E-state index contributed by atoms with van der Waals surface area (Å²) in [5.74, 6) is -0.525. The van der Waals surface area contributed by atoms with Crippen LogP contribution in [0.15, 0.2) is 16.5 Å². The molecule has 2 N–H and O–H groups in total. The van der Waals surface area contributed by atoms with Gasteiger partial charge in [-0.15, -0.1) is 0 Å². The largest absolute Gasteiger partial charge is 0.475 e. The second-order valence-electron chi connectivity index (χ2n) is 4.28. The van der Waals surface area contributed by atoms with Crippen molar-refractivity contribution in [1.29, 1.82) is 0 Å². The van der Waals surface area contributed by atoms with Crippen LogP contribution in [0.25, 0.3) is 0 Å².